The van der Waals surface area contributed by atoms with Gasteiger partial charge in [0.15, 0.2) is 0 Å². The quantitative estimate of drug-likeness (QED) is 0.289. The van der Waals surface area contributed by atoms with Gasteiger partial charge >= 0.3 is 6.18 Å². The Labute approximate surface area is 231 Å². The number of carbonyl (C=O) groups is 5. The summed E-state index contributed by atoms with van der Waals surface area (Å²) in [5.74, 6) is -6.57. The van der Waals surface area contributed by atoms with E-state index in [0.717, 1.165) is 12.8 Å². The Morgan fingerprint density at radius 2 is 1.62 bits per heavy atom. The molecule has 9 nitrogen and oxygen atoms in total. The average molecular weight is 567 g/mol. The summed E-state index contributed by atoms with van der Waals surface area (Å²) in [6, 6.07) is 4.30. The van der Waals surface area contributed by atoms with E-state index in [1.807, 2.05) is 0 Å². The molecule has 0 aromatic heterocycles. The van der Waals surface area contributed by atoms with Gasteiger partial charge in [0.25, 0.3) is 5.91 Å². The van der Waals surface area contributed by atoms with Crippen LogP contribution in [0.3, 0.4) is 0 Å². The summed E-state index contributed by atoms with van der Waals surface area (Å²) in [7, 11) is 0. The standard InChI is InChI=1S/C28H37F3N4O5/c1-27(2,3)15-21(34-22(36)14-19(28(29,30)31)16-7-5-4-6-8-16)25(39)35-20(13-17-11-12-32-24(17)38)23(37)26(40)33-18-9-10-18/h4-8,17-21H,9-15H2,1-3H3,(H,32,38)(H,33,40)(H,34,36)(H,35,39)/t17-,19-,20?,21-/m0/s1. The molecule has 220 valence electrons. The van der Waals surface area contributed by atoms with Gasteiger partial charge in [0.1, 0.15) is 6.04 Å². The molecule has 4 amide bonds. The van der Waals surface area contributed by atoms with Crippen LogP contribution in [0.2, 0.25) is 0 Å². The molecule has 40 heavy (non-hydrogen) atoms. The van der Waals surface area contributed by atoms with Crippen LogP contribution in [-0.2, 0) is 24.0 Å². The predicted octanol–water partition coefficient (Wildman–Crippen LogP) is 2.50. The molecular formula is C28H37F3N4O5. The zero-order valence-electron chi connectivity index (χ0n) is 22.9. The summed E-state index contributed by atoms with van der Waals surface area (Å²) < 4.78 is 41.5. The molecule has 0 radical (unpaired) electrons. The van der Waals surface area contributed by atoms with Crippen molar-refractivity contribution in [1.29, 1.82) is 0 Å². The first-order chi connectivity index (χ1) is 18.6. The van der Waals surface area contributed by atoms with Gasteiger partial charge in [0.05, 0.1) is 12.0 Å². The van der Waals surface area contributed by atoms with E-state index in [0.29, 0.717) is 13.0 Å². The fourth-order valence-electron chi connectivity index (χ4n) is 4.67. The molecule has 1 aliphatic carbocycles. The van der Waals surface area contributed by atoms with Crippen LogP contribution in [0, 0.1) is 11.3 Å². The van der Waals surface area contributed by atoms with Gasteiger partial charge in [-0.1, -0.05) is 51.1 Å². The highest BCUT2D eigenvalue weighted by molar-refractivity contribution is 6.38. The molecule has 1 heterocycles. The van der Waals surface area contributed by atoms with Crippen LogP contribution in [0.5, 0.6) is 0 Å². The fraction of sp³-hybridized carbons (Fsp3) is 0.607. The Balaban J connectivity index is 1.77. The molecule has 1 unspecified atom stereocenters. The summed E-state index contributed by atoms with van der Waals surface area (Å²) in [6.07, 6.45) is -3.81. The molecule has 1 aromatic carbocycles. The van der Waals surface area contributed by atoms with Crippen molar-refractivity contribution < 1.29 is 37.1 Å². The van der Waals surface area contributed by atoms with E-state index in [1.165, 1.54) is 24.3 Å². The summed E-state index contributed by atoms with van der Waals surface area (Å²) in [4.78, 5) is 64.0. The number of amides is 4. The smallest absolute Gasteiger partial charge is 0.356 e. The van der Waals surface area contributed by atoms with Crippen LogP contribution in [0.4, 0.5) is 13.2 Å². The number of alkyl halides is 3. The Morgan fingerprint density at radius 3 is 2.15 bits per heavy atom. The topological polar surface area (TPSA) is 133 Å². The number of Topliss-reactive ketones (excluding diaryl/α,β-unsaturated/α-hetero) is 1. The van der Waals surface area contributed by atoms with Gasteiger partial charge in [-0.2, -0.15) is 13.2 Å². The molecule has 0 bridgehead atoms. The summed E-state index contributed by atoms with van der Waals surface area (Å²) >= 11 is 0. The summed E-state index contributed by atoms with van der Waals surface area (Å²) in [6.45, 7) is 5.76. The Bertz CT molecular complexity index is 1100. The van der Waals surface area contributed by atoms with Crippen LogP contribution in [0.1, 0.15) is 70.8 Å². The van der Waals surface area contributed by atoms with Crippen LogP contribution in [0.15, 0.2) is 30.3 Å². The first kappa shape index (κ1) is 31.1. The van der Waals surface area contributed by atoms with Crippen molar-refractivity contribution in [2.75, 3.05) is 6.54 Å². The summed E-state index contributed by atoms with van der Waals surface area (Å²) in [5.41, 5.74) is -0.615. The maximum atomic E-state index is 13.8. The molecule has 2 aliphatic rings. The highest BCUT2D eigenvalue weighted by atomic mass is 19.4. The van der Waals surface area contributed by atoms with Crippen molar-refractivity contribution >= 4 is 29.4 Å². The third-order valence-corrected chi connectivity index (χ3v) is 6.91. The van der Waals surface area contributed by atoms with Crippen molar-refractivity contribution in [3.8, 4) is 0 Å². The maximum absolute atomic E-state index is 13.8. The normalized spacial score (nSPS) is 19.6. The van der Waals surface area contributed by atoms with E-state index < -0.39 is 65.4 Å². The second kappa shape index (κ2) is 12.8. The van der Waals surface area contributed by atoms with E-state index in [2.05, 4.69) is 21.3 Å². The largest absolute Gasteiger partial charge is 0.396 e. The van der Waals surface area contributed by atoms with Gasteiger partial charge < -0.3 is 21.3 Å². The van der Waals surface area contributed by atoms with Gasteiger partial charge in [0, 0.05) is 24.9 Å². The van der Waals surface area contributed by atoms with Crippen molar-refractivity contribution in [3.05, 3.63) is 35.9 Å². The number of hydrogen-bond donors (Lipinski definition) is 4. The van der Waals surface area contributed by atoms with E-state index in [9.17, 15) is 37.1 Å². The molecule has 3 rings (SSSR count). The highest BCUT2D eigenvalue weighted by Gasteiger charge is 2.43. The molecule has 1 aliphatic heterocycles. The molecule has 0 spiro atoms. The fourth-order valence-corrected chi connectivity index (χ4v) is 4.67. The SMILES string of the molecule is CC(C)(C)C[C@H](NC(=O)C[C@@H](c1ccccc1)C(F)(F)F)C(=O)NC(C[C@@H]1CCNC1=O)C(=O)C(=O)NC1CC1. The molecule has 1 aromatic rings. The minimum absolute atomic E-state index is 0.0473. The Morgan fingerprint density at radius 1 is 0.975 bits per heavy atom. The zero-order valence-corrected chi connectivity index (χ0v) is 22.9. The number of ketones is 1. The molecule has 2 fully saturated rings. The number of hydrogen-bond acceptors (Lipinski definition) is 5. The molecule has 4 atom stereocenters. The highest BCUT2D eigenvalue weighted by Crippen LogP contribution is 2.37. The van der Waals surface area contributed by atoms with Gasteiger partial charge in [-0.25, -0.2) is 0 Å². The van der Waals surface area contributed by atoms with Gasteiger partial charge in [0.2, 0.25) is 23.5 Å². The van der Waals surface area contributed by atoms with Crippen LogP contribution in [-0.4, -0.2) is 60.3 Å². The lowest BCUT2D eigenvalue weighted by Gasteiger charge is -2.29. The number of rotatable bonds is 12. The predicted molar refractivity (Wildman–Crippen MR) is 140 cm³/mol. The lowest BCUT2D eigenvalue weighted by molar-refractivity contribution is -0.157. The monoisotopic (exact) mass is 566 g/mol. The van der Waals surface area contributed by atoms with Crippen LogP contribution in [0.25, 0.3) is 0 Å². The van der Waals surface area contributed by atoms with Crippen molar-refractivity contribution in [1.82, 2.24) is 21.3 Å². The number of carbonyl (C=O) groups excluding carboxylic acids is 5. The van der Waals surface area contributed by atoms with Crippen LogP contribution >= 0.6 is 0 Å². The van der Waals surface area contributed by atoms with Gasteiger partial charge in [-0.15, -0.1) is 0 Å². The van der Waals surface area contributed by atoms with Crippen molar-refractivity contribution in [3.63, 3.8) is 0 Å². The lowest BCUT2D eigenvalue weighted by Crippen LogP contribution is -2.55. The molecule has 4 N–H and O–H groups in total. The van der Waals surface area contributed by atoms with E-state index in [1.54, 1.807) is 26.8 Å². The van der Waals surface area contributed by atoms with Crippen molar-refractivity contribution in [2.45, 2.75) is 89.5 Å². The Hall–Kier alpha value is -3.44. The van der Waals surface area contributed by atoms with Crippen molar-refractivity contribution in [2.24, 2.45) is 11.3 Å². The van der Waals surface area contributed by atoms with Crippen LogP contribution < -0.4 is 21.3 Å². The average Bonchev–Trinajstić information content (AvgIpc) is 3.59. The zero-order chi connectivity index (χ0) is 29.7. The van der Waals surface area contributed by atoms with Gasteiger partial charge in [-0.05, 0) is 43.1 Å². The van der Waals surface area contributed by atoms with Gasteiger partial charge in [-0.3, -0.25) is 24.0 Å². The molecule has 12 heteroatoms. The molecule has 1 saturated heterocycles. The number of benzene rings is 1. The molecule has 1 saturated carbocycles. The second-order valence-electron chi connectivity index (χ2n) is 11.8. The summed E-state index contributed by atoms with van der Waals surface area (Å²) in [5, 5.41) is 10.2. The molecular weight excluding hydrogens is 529 g/mol. The minimum atomic E-state index is -4.70. The Kier molecular flexibility index (Phi) is 9.96. The lowest BCUT2D eigenvalue weighted by atomic mass is 9.87. The first-order valence-corrected chi connectivity index (χ1v) is 13.5. The number of nitrogens with one attached hydrogen (secondary N) is 4. The minimum Gasteiger partial charge on any atom is -0.356 e. The van der Waals surface area contributed by atoms with E-state index in [-0.39, 0.29) is 30.4 Å². The first-order valence-electron chi connectivity index (χ1n) is 13.5. The van der Waals surface area contributed by atoms with E-state index >= 15 is 0 Å². The third kappa shape index (κ3) is 9.34. The maximum Gasteiger partial charge on any atom is 0.396 e. The number of halogens is 3. The third-order valence-electron chi connectivity index (χ3n) is 6.91. The van der Waals surface area contributed by atoms with E-state index in [4.69, 9.17) is 0 Å². The second-order valence-corrected chi connectivity index (χ2v) is 11.8.